The van der Waals surface area contributed by atoms with E-state index in [4.69, 9.17) is 35.9 Å². The minimum atomic E-state index is -0.847. The Kier molecular flexibility index (Phi) is 7.84. The largest absolute Gasteiger partial charge is 0.399 e. The van der Waals surface area contributed by atoms with Crippen LogP contribution in [-0.4, -0.2) is 9.85 Å². The summed E-state index contributed by atoms with van der Waals surface area (Å²) in [5, 5.41) is 2.44. The molecule has 0 radical (unpaired) electrons. The normalized spacial score (nSPS) is 16.4. The van der Waals surface area contributed by atoms with Crippen molar-refractivity contribution in [3.8, 4) is 0 Å². The fraction of sp³-hybridized carbons (Fsp3) is 0.226. The number of hydrogen-bond donors (Lipinski definition) is 2. The van der Waals surface area contributed by atoms with Crippen molar-refractivity contribution in [1.29, 1.82) is 0 Å². The van der Waals surface area contributed by atoms with E-state index in [9.17, 15) is 0 Å². The van der Waals surface area contributed by atoms with Gasteiger partial charge in [0.15, 0.2) is 0 Å². The van der Waals surface area contributed by atoms with Crippen LogP contribution >= 0.6 is 24.4 Å². The van der Waals surface area contributed by atoms with Crippen molar-refractivity contribution in [2.24, 2.45) is 5.73 Å². The maximum absolute atomic E-state index is 7.14. The second kappa shape index (κ2) is 10.9. The number of anilines is 2. The van der Waals surface area contributed by atoms with Crippen molar-refractivity contribution < 1.29 is 0 Å². The maximum Gasteiger partial charge on any atom is 0.108 e. The first-order valence-corrected chi connectivity index (χ1v) is 13.3. The second-order valence-electron chi connectivity index (χ2n) is 8.89. The van der Waals surface area contributed by atoms with Crippen LogP contribution in [-0.2, 0) is 18.5 Å². The van der Waals surface area contributed by atoms with E-state index in [0.29, 0.717) is 18.0 Å². The van der Waals surface area contributed by atoms with Gasteiger partial charge in [-0.15, -0.1) is 0 Å². The summed E-state index contributed by atoms with van der Waals surface area (Å²) in [5.41, 5.74) is 18.5. The van der Waals surface area contributed by atoms with Gasteiger partial charge in [0.05, 0.1) is 5.54 Å². The Bertz CT molecular complexity index is 1420. The molecule has 1 heterocycles. The molecule has 1 unspecified atom stereocenters. The van der Waals surface area contributed by atoms with Crippen molar-refractivity contribution in [2.45, 2.75) is 45.7 Å². The van der Waals surface area contributed by atoms with Crippen LogP contribution in [0.15, 0.2) is 84.9 Å². The van der Waals surface area contributed by atoms with Gasteiger partial charge in [0, 0.05) is 34.8 Å². The first-order valence-electron chi connectivity index (χ1n) is 12.5. The van der Waals surface area contributed by atoms with Gasteiger partial charge in [0.25, 0.3) is 0 Å². The van der Waals surface area contributed by atoms with Crippen LogP contribution in [0.25, 0.3) is 10.8 Å². The number of nitrogens with zero attached hydrogens (tertiary/aromatic N) is 1. The summed E-state index contributed by atoms with van der Waals surface area (Å²) in [6.07, 6.45) is 1.33. The SMILES string of the molecule is CC.CCc1cc(N)ccc1C(=S)CC1(N)C(=S)N(Cc2cccc3ccccc23)c2ccccc21. The fourth-order valence-corrected chi connectivity index (χ4v) is 5.78. The number of fused-ring (bicyclic) bond motifs is 2. The zero-order valence-corrected chi connectivity index (χ0v) is 22.8. The summed E-state index contributed by atoms with van der Waals surface area (Å²) in [7, 11) is 0. The molecule has 0 aliphatic carbocycles. The van der Waals surface area contributed by atoms with E-state index in [1.807, 2.05) is 44.2 Å². The molecule has 5 rings (SSSR count). The van der Waals surface area contributed by atoms with Gasteiger partial charge in [-0.25, -0.2) is 0 Å². The third-order valence-corrected chi connectivity index (χ3v) is 7.71. The highest BCUT2D eigenvalue weighted by Gasteiger charge is 2.45. The molecule has 184 valence electrons. The molecule has 0 spiro atoms. The molecule has 4 N–H and O–H groups in total. The molecule has 0 aromatic heterocycles. The highest BCUT2D eigenvalue weighted by atomic mass is 32.1. The Morgan fingerprint density at radius 3 is 2.36 bits per heavy atom. The lowest BCUT2D eigenvalue weighted by atomic mass is 9.85. The average Bonchev–Trinajstić information content (AvgIpc) is 3.11. The van der Waals surface area contributed by atoms with Gasteiger partial charge in [-0.3, -0.25) is 0 Å². The number of aryl methyl sites for hydroxylation is 1. The van der Waals surface area contributed by atoms with Crippen LogP contribution in [0.3, 0.4) is 0 Å². The fourth-order valence-electron chi connectivity index (χ4n) is 5.01. The lowest BCUT2D eigenvalue weighted by Gasteiger charge is -2.28. The molecule has 0 saturated heterocycles. The van der Waals surface area contributed by atoms with Gasteiger partial charge in [0.1, 0.15) is 4.99 Å². The summed E-state index contributed by atoms with van der Waals surface area (Å²) in [4.78, 5) is 3.69. The number of rotatable bonds is 6. The predicted octanol–water partition coefficient (Wildman–Crippen LogP) is 7.32. The molecule has 1 aliphatic heterocycles. The first kappa shape index (κ1) is 26.0. The van der Waals surface area contributed by atoms with E-state index in [-0.39, 0.29) is 0 Å². The average molecular weight is 512 g/mol. The Morgan fingerprint density at radius 1 is 0.889 bits per heavy atom. The summed E-state index contributed by atoms with van der Waals surface area (Å²) < 4.78 is 0. The third kappa shape index (κ3) is 4.66. The van der Waals surface area contributed by atoms with Crippen molar-refractivity contribution in [2.75, 3.05) is 10.6 Å². The van der Waals surface area contributed by atoms with Gasteiger partial charge >= 0.3 is 0 Å². The standard InChI is InChI=1S/C29H27N3S2.C2H6/c1-2-19-16-22(30)14-15-24(19)27(33)17-29(31)25-12-5-6-13-26(25)32(28(29)34)18-21-10-7-9-20-8-3-4-11-23(20)21;1-2/h3-16H,2,17-18,30-31H2,1H3;1-2H3. The molecular weight excluding hydrogens is 478 g/mol. The van der Waals surface area contributed by atoms with Crippen LogP contribution in [0.5, 0.6) is 0 Å². The predicted molar refractivity (Wildman–Crippen MR) is 163 cm³/mol. The Hall–Kier alpha value is -3.12. The summed E-state index contributed by atoms with van der Waals surface area (Å²) in [6.45, 7) is 6.77. The van der Waals surface area contributed by atoms with Gasteiger partial charge in [-0.05, 0) is 52.1 Å². The molecule has 0 fully saturated rings. The van der Waals surface area contributed by atoms with Crippen LogP contribution in [0.1, 0.15) is 49.4 Å². The number of benzene rings is 4. The van der Waals surface area contributed by atoms with Crippen molar-refractivity contribution >= 4 is 56.4 Å². The summed E-state index contributed by atoms with van der Waals surface area (Å²) in [5.74, 6) is 0. The van der Waals surface area contributed by atoms with E-state index in [2.05, 4.69) is 66.4 Å². The zero-order chi connectivity index (χ0) is 25.9. The number of nitrogen functional groups attached to an aromatic ring is 1. The van der Waals surface area contributed by atoms with Crippen LogP contribution in [0.2, 0.25) is 0 Å². The molecule has 4 aromatic rings. The number of hydrogen-bond acceptors (Lipinski definition) is 4. The molecule has 1 atom stereocenters. The van der Waals surface area contributed by atoms with Crippen LogP contribution in [0, 0.1) is 0 Å². The summed E-state index contributed by atoms with van der Waals surface area (Å²) >= 11 is 12.0. The lowest BCUT2D eigenvalue weighted by Crippen LogP contribution is -2.47. The zero-order valence-electron chi connectivity index (χ0n) is 21.1. The highest BCUT2D eigenvalue weighted by molar-refractivity contribution is 7.81. The van der Waals surface area contributed by atoms with Gasteiger partial charge < -0.3 is 16.4 Å². The quantitative estimate of drug-likeness (QED) is 0.161. The van der Waals surface area contributed by atoms with Crippen molar-refractivity contribution in [3.63, 3.8) is 0 Å². The molecule has 0 saturated carbocycles. The van der Waals surface area contributed by atoms with Gasteiger partial charge in [0.2, 0.25) is 0 Å². The van der Waals surface area contributed by atoms with Crippen LogP contribution in [0.4, 0.5) is 11.4 Å². The molecule has 1 aliphatic rings. The Morgan fingerprint density at radius 2 is 1.58 bits per heavy atom. The van der Waals surface area contributed by atoms with E-state index >= 15 is 0 Å². The monoisotopic (exact) mass is 511 g/mol. The second-order valence-corrected chi connectivity index (χ2v) is 9.77. The molecule has 36 heavy (non-hydrogen) atoms. The van der Waals surface area contributed by atoms with E-state index < -0.39 is 5.54 Å². The van der Waals surface area contributed by atoms with E-state index in [0.717, 1.165) is 39.4 Å². The van der Waals surface area contributed by atoms with Gasteiger partial charge in [-0.1, -0.05) is 112 Å². The molecular formula is C31H33N3S2. The van der Waals surface area contributed by atoms with Gasteiger partial charge in [-0.2, -0.15) is 0 Å². The van der Waals surface area contributed by atoms with E-state index in [1.54, 1.807) is 0 Å². The minimum absolute atomic E-state index is 0.473. The molecule has 4 aromatic carbocycles. The molecule has 3 nitrogen and oxygen atoms in total. The summed E-state index contributed by atoms with van der Waals surface area (Å²) in [6, 6.07) is 29.0. The van der Waals surface area contributed by atoms with Crippen LogP contribution < -0.4 is 16.4 Å². The Balaban J connectivity index is 0.00000148. The number of para-hydroxylation sites is 1. The molecule has 5 heteroatoms. The van der Waals surface area contributed by atoms with Crippen molar-refractivity contribution in [1.82, 2.24) is 0 Å². The third-order valence-electron chi connectivity index (χ3n) is 6.76. The molecule has 0 amide bonds. The first-order chi connectivity index (χ1) is 17.4. The topological polar surface area (TPSA) is 55.3 Å². The maximum atomic E-state index is 7.14. The highest BCUT2D eigenvalue weighted by Crippen LogP contribution is 2.43. The lowest BCUT2D eigenvalue weighted by molar-refractivity contribution is 0.653. The molecule has 0 bridgehead atoms. The van der Waals surface area contributed by atoms with Crippen molar-refractivity contribution in [3.05, 3.63) is 107 Å². The number of nitrogens with two attached hydrogens (primary N) is 2. The smallest absolute Gasteiger partial charge is 0.108 e. The Labute approximate surface area is 225 Å². The number of thiocarbonyl (C=S) groups is 2. The minimum Gasteiger partial charge on any atom is -0.399 e. The van der Waals surface area contributed by atoms with E-state index in [1.165, 1.54) is 16.3 Å².